The molecule has 5 atom stereocenters. The minimum Gasteiger partial charge on any atom is -0.446 e. The predicted octanol–water partition coefficient (Wildman–Crippen LogP) is 2.60. The SMILES string of the molecule is CCCCCCCCCCCNC(=O)OCC1(C)O[C@](C)(O)C(C)(O)[C@H](O)[C@]1(C)O. The van der Waals surface area contributed by atoms with Crippen molar-refractivity contribution in [2.24, 2.45) is 0 Å². The molecule has 1 aliphatic rings. The number of hydrogen-bond donors (Lipinski definition) is 5. The largest absolute Gasteiger partial charge is 0.446 e. The van der Waals surface area contributed by atoms with Gasteiger partial charge in [0.15, 0.2) is 5.79 Å². The highest BCUT2D eigenvalue weighted by molar-refractivity contribution is 5.67. The Hall–Kier alpha value is -0.930. The Bertz CT molecular complexity index is 536. The Labute approximate surface area is 181 Å². The van der Waals surface area contributed by atoms with Gasteiger partial charge in [0.1, 0.15) is 29.5 Å². The third-order valence-electron chi connectivity index (χ3n) is 6.53. The van der Waals surface area contributed by atoms with Gasteiger partial charge in [0.2, 0.25) is 0 Å². The molecule has 0 bridgehead atoms. The molecule has 1 heterocycles. The Morgan fingerprint density at radius 3 is 1.93 bits per heavy atom. The molecule has 30 heavy (non-hydrogen) atoms. The third kappa shape index (κ3) is 6.53. The molecule has 8 nitrogen and oxygen atoms in total. The maximum atomic E-state index is 12.0. The molecule has 5 N–H and O–H groups in total. The summed E-state index contributed by atoms with van der Waals surface area (Å²) in [6, 6.07) is 0. The smallest absolute Gasteiger partial charge is 0.407 e. The highest BCUT2D eigenvalue weighted by Gasteiger charge is 2.68. The number of carbonyl (C=O) groups excluding carboxylic acids is 1. The van der Waals surface area contributed by atoms with Gasteiger partial charge in [0.05, 0.1) is 0 Å². The molecule has 1 aliphatic heterocycles. The number of rotatable bonds is 12. The summed E-state index contributed by atoms with van der Waals surface area (Å²) in [5, 5.41) is 44.6. The van der Waals surface area contributed by atoms with Gasteiger partial charge in [0, 0.05) is 6.54 Å². The second-order valence-corrected chi connectivity index (χ2v) is 9.34. The van der Waals surface area contributed by atoms with Crippen LogP contribution in [0.25, 0.3) is 0 Å². The average molecular weight is 434 g/mol. The van der Waals surface area contributed by atoms with E-state index in [9.17, 15) is 25.2 Å². The topological polar surface area (TPSA) is 128 Å². The second kappa shape index (κ2) is 11.1. The zero-order valence-electron chi connectivity index (χ0n) is 19.4. The standard InChI is InChI=1S/C22H43NO7/c1-6-7-8-9-10-11-12-13-14-15-23-18(25)29-16-19(2)20(3,26)17(24)21(4,27)22(5,28)30-19/h17,24,26-28H,6-16H2,1-5H3,(H,23,25)/t17-,19?,20+,21?,22+/m1/s1. The average Bonchev–Trinajstić information content (AvgIpc) is 2.65. The zero-order chi connectivity index (χ0) is 23.1. The maximum absolute atomic E-state index is 12.0. The molecule has 0 saturated carbocycles. The van der Waals surface area contributed by atoms with Crippen LogP contribution in [0.2, 0.25) is 0 Å². The Balaban J connectivity index is 2.35. The third-order valence-corrected chi connectivity index (χ3v) is 6.53. The van der Waals surface area contributed by atoms with Gasteiger partial charge in [0.25, 0.3) is 0 Å². The second-order valence-electron chi connectivity index (χ2n) is 9.34. The number of nitrogens with one attached hydrogen (secondary N) is 1. The van der Waals surface area contributed by atoms with E-state index in [4.69, 9.17) is 9.47 Å². The first-order valence-corrected chi connectivity index (χ1v) is 11.3. The van der Waals surface area contributed by atoms with Crippen LogP contribution in [0, 0.1) is 0 Å². The molecule has 0 spiro atoms. The van der Waals surface area contributed by atoms with Gasteiger partial charge in [-0.1, -0.05) is 58.3 Å². The van der Waals surface area contributed by atoms with Crippen molar-refractivity contribution in [1.29, 1.82) is 0 Å². The predicted molar refractivity (Wildman–Crippen MR) is 114 cm³/mol. The lowest BCUT2D eigenvalue weighted by Crippen LogP contribution is -2.79. The summed E-state index contributed by atoms with van der Waals surface area (Å²) < 4.78 is 10.7. The minimum atomic E-state index is -2.15. The van der Waals surface area contributed by atoms with E-state index in [1.165, 1.54) is 66.2 Å². The summed E-state index contributed by atoms with van der Waals surface area (Å²) in [5.41, 5.74) is -5.72. The van der Waals surface area contributed by atoms with Crippen molar-refractivity contribution in [3.63, 3.8) is 0 Å². The van der Waals surface area contributed by atoms with Gasteiger partial charge in [-0.2, -0.15) is 0 Å². The highest BCUT2D eigenvalue weighted by atomic mass is 16.7. The van der Waals surface area contributed by atoms with Crippen molar-refractivity contribution in [3.8, 4) is 0 Å². The van der Waals surface area contributed by atoms with Crippen molar-refractivity contribution in [3.05, 3.63) is 0 Å². The summed E-state index contributed by atoms with van der Waals surface area (Å²) in [5.74, 6) is -2.15. The Kier molecular flexibility index (Phi) is 10.0. The van der Waals surface area contributed by atoms with E-state index < -0.39 is 41.4 Å². The lowest BCUT2D eigenvalue weighted by Gasteiger charge is -2.59. The molecule has 1 rings (SSSR count). The summed E-state index contributed by atoms with van der Waals surface area (Å²) in [7, 11) is 0. The van der Waals surface area contributed by atoms with E-state index in [0.29, 0.717) is 6.54 Å². The van der Waals surface area contributed by atoms with Gasteiger partial charge < -0.3 is 35.2 Å². The molecule has 1 saturated heterocycles. The molecular formula is C22H43NO7. The molecule has 0 aromatic heterocycles. The number of ether oxygens (including phenoxy) is 2. The first-order valence-electron chi connectivity index (χ1n) is 11.3. The number of amides is 1. The molecule has 1 fully saturated rings. The number of unbranched alkanes of at least 4 members (excludes halogenated alkanes) is 8. The quantitative estimate of drug-likeness (QED) is 0.299. The van der Waals surface area contributed by atoms with Crippen molar-refractivity contribution in [2.45, 2.75) is 121 Å². The van der Waals surface area contributed by atoms with Gasteiger partial charge in [-0.05, 0) is 34.1 Å². The van der Waals surface area contributed by atoms with E-state index in [-0.39, 0.29) is 0 Å². The van der Waals surface area contributed by atoms with Crippen molar-refractivity contribution >= 4 is 6.09 Å². The van der Waals surface area contributed by atoms with Crippen LogP contribution in [0.1, 0.15) is 92.4 Å². The van der Waals surface area contributed by atoms with Crippen LogP contribution >= 0.6 is 0 Å². The summed E-state index contributed by atoms with van der Waals surface area (Å²) >= 11 is 0. The van der Waals surface area contributed by atoms with E-state index >= 15 is 0 Å². The first kappa shape index (κ1) is 27.1. The molecule has 1 amide bonds. The molecule has 0 aromatic rings. The van der Waals surface area contributed by atoms with Gasteiger partial charge in [-0.3, -0.25) is 0 Å². The fraction of sp³-hybridized carbons (Fsp3) is 0.955. The number of hydrogen-bond acceptors (Lipinski definition) is 7. The van der Waals surface area contributed by atoms with E-state index in [2.05, 4.69) is 12.2 Å². The summed E-state index contributed by atoms with van der Waals surface area (Å²) in [4.78, 5) is 12.0. The number of carbonyl (C=O) groups is 1. The number of alkyl carbamates (subject to hydrolysis) is 1. The molecule has 178 valence electrons. The van der Waals surface area contributed by atoms with E-state index in [1.807, 2.05) is 0 Å². The maximum Gasteiger partial charge on any atom is 0.407 e. The van der Waals surface area contributed by atoms with Crippen LogP contribution in [0.5, 0.6) is 0 Å². The van der Waals surface area contributed by atoms with E-state index in [1.54, 1.807) is 0 Å². The van der Waals surface area contributed by atoms with Crippen LogP contribution in [0.3, 0.4) is 0 Å². The molecular weight excluding hydrogens is 390 g/mol. The van der Waals surface area contributed by atoms with Gasteiger partial charge in [-0.25, -0.2) is 4.79 Å². The molecule has 0 radical (unpaired) electrons. The molecule has 0 aromatic carbocycles. The molecule has 0 aliphatic carbocycles. The van der Waals surface area contributed by atoms with Crippen molar-refractivity contribution in [2.75, 3.05) is 13.2 Å². The van der Waals surface area contributed by atoms with Crippen molar-refractivity contribution in [1.82, 2.24) is 5.32 Å². The summed E-state index contributed by atoms with van der Waals surface area (Å²) in [6.07, 6.45) is 8.27. The lowest BCUT2D eigenvalue weighted by atomic mass is 9.69. The molecule has 2 unspecified atom stereocenters. The van der Waals surface area contributed by atoms with Crippen LogP contribution in [-0.2, 0) is 9.47 Å². The first-order chi connectivity index (χ1) is 13.8. The highest BCUT2D eigenvalue weighted by Crippen LogP contribution is 2.46. The van der Waals surface area contributed by atoms with Crippen LogP contribution in [0.4, 0.5) is 4.79 Å². The fourth-order valence-electron chi connectivity index (χ4n) is 3.79. The van der Waals surface area contributed by atoms with E-state index in [0.717, 1.165) is 19.3 Å². The lowest BCUT2D eigenvalue weighted by molar-refractivity contribution is -0.423. The van der Waals surface area contributed by atoms with Crippen LogP contribution in [0.15, 0.2) is 0 Å². The van der Waals surface area contributed by atoms with Gasteiger partial charge in [-0.15, -0.1) is 0 Å². The Morgan fingerprint density at radius 2 is 1.40 bits per heavy atom. The normalized spacial score (nSPS) is 36.5. The zero-order valence-corrected chi connectivity index (χ0v) is 19.4. The minimum absolute atomic E-state index is 0.410. The van der Waals surface area contributed by atoms with Crippen LogP contribution in [-0.4, -0.2) is 68.4 Å². The molecule has 8 heteroatoms. The number of aliphatic hydroxyl groups excluding tert-OH is 1. The van der Waals surface area contributed by atoms with Crippen LogP contribution < -0.4 is 5.32 Å². The van der Waals surface area contributed by atoms with Crippen molar-refractivity contribution < 1.29 is 34.7 Å². The monoisotopic (exact) mass is 433 g/mol. The Morgan fingerprint density at radius 1 is 0.900 bits per heavy atom. The fourth-order valence-corrected chi connectivity index (χ4v) is 3.79. The number of aliphatic hydroxyl groups is 4. The van der Waals surface area contributed by atoms with Gasteiger partial charge >= 0.3 is 6.09 Å². The summed E-state index contributed by atoms with van der Waals surface area (Å²) in [6.45, 7) is 7.32.